The van der Waals surface area contributed by atoms with E-state index in [4.69, 9.17) is 9.47 Å². The first-order valence-corrected chi connectivity index (χ1v) is 6.82. The number of aldehydes is 1. The first-order chi connectivity index (χ1) is 9.24. The van der Waals surface area contributed by atoms with E-state index in [2.05, 4.69) is 22.6 Å². The highest BCUT2D eigenvalue weighted by molar-refractivity contribution is 14.1. The van der Waals surface area contributed by atoms with Gasteiger partial charge in [-0.1, -0.05) is 30.3 Å². The summed E-state index contributed by atoms with van der Waals surface area (Å²) in [6.07, 6.45) is 0.816. The van der Waals surface area contributed by atoms with E-state index in [1.807, 2.05) is 30.3 Å². The van der Waals surface area contributed by atoms with Crippen LogP contribution in [-0.4, -0.2) is 13.4 Å². The SMILES string of the molecule is COc1cc(I)c(C=O)cc1OCc1ccccc1. The average Bonchev–Trinajstić information content (AvgIpc) is 2.46. The minimum absolute atomic E-state index is 0.441. The average molecular weight is 368 g/mol. The molecule has 0 aliphatic carbocycles. The summed E-state index contributed by atoms with van der Waals surface area (Å²) < 4.78 is 11.8. The number of rotatable bonds is 5. The number of halogens is 1. The van der Waals surface area contributed by atoms with Gasteiger partial charge < -0.3 is 9.47 Å². The van der Waals surface area contributed by atoms with Gasteiger partial charge in [0.15, 0.2) is 17.8 Å². The number of carbonyl (C=O) groups excluding carboxylic acids is 1. The number of ether oxygens (including phenoxy) is 2. The molecule has 3 nitrogen and oxygen atoms in total. The van der Waals surface area contributed by atoms with Crippen LogP contribution >= 0.6 is 22.6 Å². The molecule has 0 fully saturated rings. The molecule has 0 aromatic heterocycles. The van der Waals surface area contributed by atoms with Crippen LogP contribution in [0.4, 0.5) is 0 Å². The van der Waals surface area contributed by atoms with E-state index in [1.165, 1.54) is 0 Å². The largest absolute Gasteiger partial charge is 0.493 e. The second-order valence-corrected chi connectivity index (χ2v) is 5.08. The first kappa shape index (κ1) is 13.9. The van der Waals surface area contributed by atoms with Crippen molar-refractivity contribution in [1.29, 1.82) is 0 Å². The maximum atomic E-state index is 11.0. The van der Waals surface area contributed by atoms with Crippen LogP contribution in [0, 0.1) is 3.57 Å². The third kappa shape index (κ3) is 3.47. The van der Waals surface area contributed by atoms with Crippen molar-refractivity contribution < 1.29 is 14.3 Å². The van der Waals surface area contributed by atoms with Gasteiger partial charge in [-0.2, -0.15) is 0 Å². The molecule has 0 N–H and O–H groups in total. The minimum atomic E-state index is 0.441. The summed E-state index contributed by atoms with van der Waals surface area (Å²) >= 11 is 2.10. The Morgan fingerprint density at radius 3 is 2.53 bits per heavy atom. The zero-order chi connectivity index (χ0) is 13.7. The van der Waals surface area contributed by atoms with Crippen molar-refractivity contribution >= 4 is 28.9 Å². The monoisotopic (exact) mass is 368 g/mol. The van der Waals surface area contributed by atoms with E-state index >= 15 is 0 Å². The van der Waals surface area contributed by atoms with Crippen LogP contribution in [0.5, 0.6) is 11.5 Å². The van der Waals surface area contributed by atoms with Gasteiger partial charge in [0.2, 0.25) is 0 Å². The zero-order valence-electron chi connectivity index (χ0n) is 10.4. The molecular formula is C15H13IO3. The molecule has 0 unspecified atom stereocenters. The Kier molecular flexibility index (Phi) is 4.79. The van der Waals surface area contributed by atoms with E-state index < -0.39 is 0 Å². The third-order valence-corrected chi connectivity index (χ3v) is 3.58. The lowest BCUT2D eigenvalue weighted by Crippen LogP contribution is -1.99. The highest BCUT2D eigenvalue weighted by Crippen LogP contribution is 2.31. The lowest BCUT2D eigenvalue weighted by Gasteiger charge is -2.12. The van der Waals surface area contributed by atoms with Crippen molar-refractivity contribution in [3.8, 4) is 11.5 Å². The van der Waals surface area contributed by atoms with Crippen LogP contribution in [0.2, 0.25) is 0 Å². The fourth-order valence-electron chi connectivity index (χ4n) is 1.65. The van der Waals surface area contributed by atoms with Gasteiger partial charge in [-0.3, -0.25) is 4.79 Å². The maximum Gasteiger partial charge on any atom is 0.162 e. The highest BCUT2D eigenvalue weighted by Gasteiger charge is 2.10. The molecule has 0 saturated heterocycles. The molecule has 0 heterocycles. The summed E-state index contributed by atoms with van der Waals surface area (Å²) in [7, 11) is 1.58. The fraction of sp³-hybridized carbons (Fsp3) is 0.133. The van der Waals surface area contributed by atoms with Crippen LogP contribution in [0.25, 0.3) is 0 Å². The van der Waals surface area contributed by atoms with Crippen LogP contribution < -0.4 is 9.47 Å². The Morgan fingerprint density at radius 1 is 1.16 bits per heavy atom. The van der Waals surface area contributed by atoms with Crippen LogP contribution in [-0.2, 0) is 6.61 Å². The molecule has 0 aliphatic rings. The zero-order valence-corrected chi connectivity index (χ0v) is 12.6. The van der Waals surface area contributed by atoms with Crippen molar-refractivity contribution in [1.82, 2.24) is 0 Å². The molecule has 2 aromatic carbocycles. The van der Waals surface area contributed by atoms with E-state index in [0.717, 1.165) is 15.4 Å². The molecule has 19 heavy (non-hydrogen) atoms. The topological polar surface area (TPSA) is 35.5 Å². The minimum Gasteiger partial charge on any atom is -0.493 e. The molecule has 0 radical (unpaired) electrons. The van der Waals surface area contributed by atoms with Gasteiger partial charge in [-0.15, -0.1) is 0 Å². The molecule has 2 rings (SSSR count). The van der Waals surface area contributed by atoms with Gasteiger partial charge >= 0.3 is 0 Å². The van der Waals surface area contributed by atoms with Gasteiger partial charge in [-0.05, 0) is 40.3 Å². The number of benzene rings is 2. The van der Waals surface area contributed by atoms with Gasteiger partial charge in [0.1, 0.15) is 6.61 Å². The van der Waals surface area contributed by atoms with Crippen LogP contribution in [0.1, 0.15) is 15.9 Å². The maximum absolute atomic E-state index is 11.0. The lowest BCUT2D eigenvalue weighted by molar-refractivity contribution is 0.112. The van der Waals surface area contributed by atoms with Gasteiger partial charge in [0.25, 0.3) is 0 Å². The predicted octanol–water partition coefficient (Wildman–Crippen LogP) is 3.69. The molecule has 4 heteroatoms. The molecule has 0 atom stereocenters. The Morgan fingerprint density at radius 2 is 1.89 bits per heavy atom. The number of methoxy groups -OCH3 is 1. The second kappa shape index (κ2) is 6.56. The molecule has 0 amide bonds. The molecule has 98 valence electrons. The second-order valence-electron chi connectivity index (χ2n) is 3.92. The number of hydrogen-bond donors (Lipinski definition) is 0. The summed E-state index contributed by atoms with van der Waals surface area (Å²) in [4.78, 5) is 11.0. The molecule has 0 aliphatic heterocycles. The standard InChI is InChI=1S/C15H13IO3/c1-18-14-8-13(16)12(9-17)7-15(14)19-10-11-5-3-2-4-6-11/h2-9H,10H2,1H3. The molecule has 0 saturated carbocycles. The van der Waals surface area contributed by atoms with Crippen molar-refractivity contribution in [2.75, 3.05) is 7.11 Å². The molecule has 0 spiro atoms. The Bertz CT molecular complexity index is 567. The molecule has 2 aromatic rings. The third-order valence-electron chi connectivity index (χ3n) is 2.65. The predicted molar refractivity (Wildman–Crippen MR) is 81.9 cm³/mol. The van der Waals surface area contributed by atoms with E-state index in [1.54, 1.807) is 19.2 Å². The Balaban J connectivity index is 2.21. The number of hydrogen-bond acceptors (Lipinski definition) is 3. The Hall–Kier alpha value is -1.56. The summed E-state index contributed by atoms with van der Waals surface area (Å²) in [6.45, 7) is 0.441. The van der Waals surface area contributed by atoms with E-state index in [0.29, 0.717) is 23.7 Å². The Labute approximate surface area is 125 Å². The number of carbonyl (C=O) groups is 1. The quantitative estimate of drug-likeness (QED) is 0.597. The highest BCUT2D eigenvalue weighted by atomic mass is 127. The molecule has 0 bridgehead atoms. The summed E-state index contributed by atoms with van der Waals surface area (Å²) in [6, 6.07) is 13.3. The first-order valence-electron chi connectivity index (χ1n) is 5.74. The van der Waals surface area contributed by atoms with Crippen molar-refractivity contribution in [2.24, 2.45) is 0 Å². The summed E-state index contributed by atoms with van der Waals surface area (Å²) in [5, 5.41) is 0. The fourth-order valence-corrected chi connectivity index (χ4v) is 2.21. The van der Waals surface area contributed by atoms with Crippen LogP contribution in [0.3, 0.4) is 0 Å². The smallest absolute Gasteiger partial charge is 0.162 e. The molecular weight excluding hydrogens is 355 g/mol. The summed E-state index contributed by atoms with van der Waals surface area (Å²) in [5.41, 5.74) is 1.67. The van der Waals surface area contributed by atoms with Gasteiger partial charge in [-0.25, -0.2) is 0 Å². The normalized spacial score (nSPS) is 10.0. The summed E-state index contributed by atoms with van der Waals surface area (Å²) in [5.74, 6) is 1.21. The van der Waals surface area contributed by atoms with Crippen molar-refractivity contribution in [2.45, 2.75) is 6.61 Å². The van der Waals surface area contributed by atoms with E-state index in [-0.39, 0.29) is 0 Å². The van der Waals surface area contributed by atoms with Gasteiger partial charge in [0.05, 0.1) is 7.11 Å². The van der Waals surface area contributed by atoms with Gasteiger partial charge in [0, 0.05) is 9.13 Å². The lowest BCUT2D eigenvalue weighted by atomic mass is 10.2. The van der Waals surface area contributed by atoms with Crippen LogP contribution in [0.15, 0.2) is 42.5 Å². The van der Waals surface area contributed by atoms with E-state index in [9.17, 15) is 4.79 Å². The van der Waals surface area contributed by atoms with Crippen molar-refractivity contribution in [3.63, 3.8) is 0 Å². The van der Waals surface area contributed by atoms with Crippen molar-refractivity contribution in [3.05, 3.63) is 57.2 Å².